The van der Waals surface area contributed by atoms with Crippen molar-refractivity contribution in [2.75, 3.05) is 26.7 Å². The molecule has 1 saturated carbocycles. The normalized spacial score (nSPS) is 22.6. The van der Waals surface area contributed by atoms with E-state index in [0.717, 1.165) is 19.0 Å². The number of carbonyl (C=O) groups is 1. The van der Waals surface area contributed by atoms with Crippen molar-refractivity contribution in [1.82, 2.24) is 15.5 Å². The monoisotopic (exact) mass is 464 g/mol. The van der Waals surface area contributed by atoms with E-state index in [2.05, 4.69) is 48.2 Å². The van der Waals surface area contributed by atoms with E-state index in [-0.39, 0.29) is 35.4 Å². The molecule has 2 N–H and O–H groups in total. The molecule has 0 aromatic carbocycles. The summed E-state index contributed by atoms with van der Waals surface area (Å²) in [6.07, 6.45) is 7.05. The van der Waals surface area contributed by atoms with Crippen LogP contribution in [0.15, 0.2) is 4.99 Å². The third kappa shape index (κ3) is 5.47. The van der Waals surface area contributed by atoms with Gasteiger partial charge in [-0.1, -0.05) is 33.1 Å². The fourth-order valence-electron chi connectivity index (χ4n) is 3.80. The molecule has 6 heteroatoms. The van der Waals surface area contributed by atoms with Crippen LogP contribution in [0.4, 0.5) is 0 Å². The minimum absolute atomic E-state index is 0. The highest BCUT2D eigenvalue weighted by molar-refractivity contribution is 14.0. The number of aliphatic imine (C=N–C) groups is 1. The molecular formula is C19H37IN4O. The van der Waals surface area contributed by atoms with Crippen LogP contribution in [0, 0.1) is 11.3 Å². The maximum absolute atomic E-state index is 12.0. The molecule has 0 bridgehead atoms. The van der Waals surface area contributed by atoms with Crippen molar-refractivity contribution in [2.45, 2.75) is 71.8 Å². The fraction of sp³-hybridized carbons (Fsp3) is 0.895. The number of guanidine groups is 1. The Balaban J connectivity index is 0.00000312. The summed E-state index contributed by atoms with van der Waals surface area (Å²) in [6, 6.07) is 0. The van der Waals surface area contributed by atoms with E-state index in [0.29, 0.717) is 24.3 Å². The van der Waals surface area contributed by atoms with Crippen LogP contribution in [-0.4, -0.2) is 49.0 Å². The predicted octanol–water partition coefficient (Wildman–Crippen LogP) is 3.39. The van der Waals surface area contributed by atoms with Crippen molar-refractivity contribution in [3.05, 3.63) is 0 Å². The molecule has 0 radical (unpaired) electrons. The molecule has 1 heterocycles. The number of hydrogen-bond donors (Lipinski definition) is 2. The summed E-state index contributed by atoms with van der Waals surface area (Å²) in [4.78, 5) is 18.8. The molecule has 0 unspecified atom stereocenters. The summed E-state index contributed by atoms with van der Waals surface area (Å²) >= 11 is 0. The van der Waals surface area contributed by atoms with Gasteiger partial charge in [0.05, 0.1) is 0 Å². The predicted molar refractivity (Wildman–Crippen MR) is 116 cm³/mol. The summed E-state index contributed by atoms with van der Waals surface area (Å²) in [5.41, 5.74) is 0.387. The molecule has 1 amide bonds. The second-order valence-electron chi connectivity index (χ2n) is 8.56. The number of nitrogens with one attached hydrogen (secondary N) is 2. The van der Waals surface area contributed by atoms with Gasteiger partial charge in [-0.15, -0.1) is 24.0 Å². The number of rotatable bonds is 5. The van der Waals surface area contributed by atoms with Gasteiger partial charge in [0, 0.05) is 44.1 Å². The second-order valence-corrected chi connectivity index (χ2v) is 8.56. The molecule has 0 atom stereocenters. The van der Waals surface area contributed by atoms with Gasteiger partial charge in [0.15, 0.2) is 5.96 Å². The maximum Gasteiger partial charge on any atom is 0.220 e. The topological polar surface area (TPSA) is 56.7 Å². The highest BCUT2D eigenvalue weighted by Gasteiger charge is 2.53. The zero-order chi connectivity index (χ0) is 17.8. The number of amides is 1. The van der Waals surface area contributed by atoms with E-state index in [1.54, 1.807) is 0 Å². The first-order valence-electron chi connectivity index (χ1n) is 9.53. The van der Waals surface area contributed by atoms with Gasteiger partial charge < -0.3 is 15.5 Å². The van der Waals surface area contributed by atoms with E-state index in [4.69, 9.17) is 0 Å². The van der Waals surface area contributed by atoms with Gasteiger partial charge in [0.2, 0.25) is 5.91 Å². The lowest BCUT2D eigenvalue weighted by atomic mass is 9.65. The quantitative estimate of drug-likeness (QED) is 0.284. The van der Waals surface area contributed by atoms with Crippen molar-refractivity contribution in [2.24, 2.45) is 16.3 Å². The van der Waals surface area contributed by atoms with Crippen LogP contribution in [0.25, 0.3) is 0 Å². The van der Waals surface area contributed by atoms with Gasteiger partial charge in [-0.3, -0.25) is 9.79 Å². The summed E-state index contributed by atoms with van der Waals surface area (Å²) in [7, 11) is 1.82. The first-order valence-corrected chi connectivity index (χ1v) is 9.53. The molecule has 25 heavy (non-hydrogen) atoms. The lowest BCUT2D eigenvalue weighted by molar-refractivity contribution is -0.122. The largest absolute Gasteiger partial charge is 0.354 e. The van der Waals surface area contributed by atoms with Crippen LogP contribution in [-0.2, 0) is 4.79 Å². The van der Waals surface area contributed by atoms with Crippen molar-refractivity contribution in [3.63, 3.8) is 0 Å². The van der Waals surface area contributed by atoms with Gasteiger partial charge in [0.25, 0.3) is 0 Å². The Bertz CT molecular complexity index is 470. The van der Waals surface area contributed by atoms with Crippen molar-refractivity contribution in [1.29, 1.82) is 0 Å². The van der Waals surface area contributed by atoms with Crippen LogP contribution in [0.1, 0.15) is 66.2 Å². The summed E-state index contributed by atoms with van der Waals surface area (Å²) in [5, 5.41) is 6.43. The zero-order valence-electron chi connectivity index (χ0n) is 16.7. The van der Waals surface area contributed by atoms with Gasteiger partial charge >= 0.3 is 0 Å². The smallest absolute Gasteiger partial charge is 0.220 e. The molecule has 0 spiro atoms. The van der Waals surface area contributed by atoms with Crippen LogP contribution in [0.3, 0.4) is 0 Å². The highest BCUT2D eigenvalue weighted by atomic mass is 127. The SMILES string of the molecule is CN=C(NCCNC(=O)CC1CCCCC1)N1CC(C)(C)C1(C)C.I. The lowest BCUT2D eigenvalue weighted by Crippen LogP contribution is -2.72. The number of nitrogens with zero attached hydrogens (tertiary/aromatic N) is 2. The van der Waals surface area contributed by atoms with E-state index in [1.165, 1.54) is 32.1 Å². The standard InChI is InChI=1S/C19H36N4O.HI/c1-18(2)14-23(19(18,3)4)17(20-5)22-12-11-21-16(24)13-15-9-7-6-8-10-15;/h15H,6-14H2,1-5H3,(H,20,22)(H,21,24);1H. The molecule has 5 nitrogen and oxygen atoms in total. The lowest BCUT2D eigenvalue weighted by Gasteiger charge is -2.62. The minimum atomic E-state index is 0. The third-order valence-corrected chi connectivity index (χ3v) is 6.28. The molecule has 1 aliphatic carbocycles. The van der Waals surface area contributed by atoms with Crippen molar-refractivity contribution in [3.8, 4) is 0 Å². The maximum atomic E-state index is 12.0. The molecule has 2 aliphatic rings. The number of hydrogen-bond acceptors (Lipinski definition) is 2. The average Bonchev–Trinajstić information content (AvgIpc) is 2.54. The Labute approximate surface area is 170 Å². The van der Waals surface area contributed by atoms with E-state index >= 15 is 0 Å². The Hall–Kier alpha value is -0.530. The molecule has 1 aliphatic heterocycles. The Kier molecular flexibility index (Phi) is 8.48. The van der Waals surface area contributed by atoms with E-state index in [9.17, 15) is 4.79 Å². The molecular weight excluding hydrogens is 427 g/mol. The van der Waals surface area contributed by atoms with E-state index < -0.39 is 0 Å². The van der Waals surface area contributed by atoms with Gasteiger partial charge in [-0.05, 0) is 32.6 Å². The number of carbonyl (C=O) groups excluding carboxylic acids is 1. The van der Waals surface area contributed by atoms with Crippen LogP contribution < -0.4 is 10.6 Å². The molecule has 2 fully saturated rings. The molecule has 146 valence electrons. The Morgan fingerprint density at radius 1 is 1.08 bits per heavy atom. The average molecular weight is 464 g/mol. The molecule has 1 saturated heterocycles. The van der Waals surface area contributed by atoms with Gasteiger partial charge in [0.1, 0.15) is 0 Å². The first kappa shape index (κ1) is 22.5. The number of halogens is 1. The fourth-order valence-corrected chi connectivity index (χ4v) is 3.80. The highest BCUT2D eigenvalue weighted by Crippen LogP contribution is 2.46. The number of likely N-dealkylation sites (tertiary alicyclic amines) is 1. The summed E-state index contributed by atoms with van der Waals surface area (Å²) in [6.45, 7) is 11.5. The first-order chi connectivity index (χ1) is 11.3. The van der Waals surface area contributed by atoms with Crippen LogP contribution >= 0.6 is 24.0 Å². The summed E-state index contributed by atoms with van der Waals surface area (Å²) in [5.74, 6) is 1.73. The van der Waals surface area contributed by atoms with Crippen LogP contribution in [0.5, 0.6) is 0 Å². The van der Waals surface area contributed by atoms with Crippen molar-refractivity contribution >= 4 is 35.8 Å². The van der Waals surface area contributed by atoms with Crippen LogP contribution in [0.2, 0.25) is 0 Å². The van der Waals surface area contributed by atoms with Gasteiger partial charge in [-0.2, -0.15) is 0 Å². The minimum Gasteiger partial charge on any atom is -0.354 e. The second kappa shape index (κ2) is 9.42. The van der Waals surface area contributed by atoms with E-state index in [1.807, 2.05) is 7.05 Å². The Morgan fingerprint density at radius 2 is 1.68 bits per heavy atom. The Morgan fingerprint density at radius 3 is 2.20 bits per heavy atom. The third-order valence-electron chi connectivity index (χ3n) is 6.28. The molecule has 0 aromatic rings. The van der Waals surface area contributed by atoms with Crippen molar-refractivity contribution < 1.29 is 4.79 Å². The summed E-state index contributed by atoms with van der Waals surface area (Å²) < 4.78 is 0. The van der Waals surface area contributed by atoms with Gasteiger partial charge in [-0.25, -0.2) is 0 Å². The molecule has 0 aromatic heterocycles. The molecule has 2 rings (SSSR count). The zero-order valence-corrected chi connectivity index (χ0v) is 19.0.